The van der Waals surface area contributed by atoms with Crippen LogP contribution in [0, 0.1) is 12.8 Å². The molecule has 0 fully saturated rings. The van der Waals surface area contributed by atoms with Crippen molar-refractivity contribution in [3.05, 3.63) is 68.7 Å². The lowest BCUT2D eigenvalue weighted by Gasteiger charge is -2.16. The van der Waals surface area contributed by atoms with Crippen LogP contribution in [0.1, 0.15) is 37.5 Å². The second-order valence-electron chi connectivity index (χ2n) is 7.94. The molecular formula is C23H23BrN4O2S. The molecule has 1 unspecified atom stereocenters. The quantitative estimate of drug-likeness (QED) is 0.238. The summed E-state index contributed by atoms with van der Waals surface area (Å²) < 4.78 is 8.54. The average Bonchev–Trinajstić information content (AvgIpc) is 3.22. The first-order chi connectivity index (χ1) is 14.8. The monoisotopic (exact) mass is 498 g/mol. The molecule has 0 aliphatic rings. The van der Waals surface area contributed by atoms with E-state index in [1.807, 2.05) is 56.3 Å². The van der Waals surface area contributed by atoms with Gasteiger partial charge in [0.2, 0.25) is 11.8 Å². The molecule has 0 amide bonds. The number of benzene rings is 2. The third kappa shape index (κ3) is 4.75. The van der Waals surface area contributed by atoms with Crippen LogP contribution >= 0.6 is 27.7 Å². The zero-order valence-electron chi connectivity index (χ0n) is 17.8. The fourth-order valence-electron chi connectivity index (χ4n) is 3.21. The molecule has 0 saturated heterocycles. The van der Waals surface area contributed by atoms with E-state index in [4.69, 9.17) is 9.40 Å². The molecule has 0 aliphatic carbocycles. The molecule has 160 valence electrons. The maximum Gasteiger partial charge on any atom is 0.262 e. The van der Waals surface area contributed by atoms with Crippen molar-refractivity contribution >= 4 is 38.6 Å². The van der Waals surface area contributed by atoms with Gasteiger partial charge in [0.05, 0.1) is 16.2 Å². The van der Waals surface area contributed by atoms with Gasteiger partial charge >= 0.3 is 0 Å². The largest absolute Gasteiger partial charge is 0.419 e. The SMILES string of the molecule is Cc1ccc(-c2nnc(C(C)Sc3nc4ccc(Br)cc4c(=O)n3CC(C)C)o2)cc1. The van der Waals surface area contributed by atoms with E-state index in [2.05, 4.69) is 40.0 Å². The Hall–Kier alpha value is -2.45. The second kappa shape index (κ2) is 8.96. The minimum atomic E-state index is -0.162. The summed E-state index contributed by atoms with van der Waals surface area (Å²) in [5.74, 6) is 1.29. The third-order valence-corrected chi connectivity index (χ3v) is 6.37. The van der Waals surface area contributed by atoms with Crippen molar-refractivity contribution in [2.24, 2.45) is 5.92 Å². The molecule has 0 bridgehead atoms. The predicted molar refractivity (Wildman–Crippen MR) is 127 cm³/mol. The van der Waals surface area contributed by atoms with Crippen LogP contribution in [0.5, 0.6) is 0 Å². The van der Waals surface area contributed by atoms with Gasteiger partial charge in [0.25, 0.3) is 5.56 Å². The van der Waals surface area contributed by atoms with Gasteiger partial charge < -0.3 is 4.42 Å². The molecule has 0 N–H and O–H groups in total. The summed E-state index contributed by atoms with van der Waals surface area (Å²) in [6.45, 7) is 8.77. The highest BCUT2D eigenvalue weighted by Crippen LogP contribution is 2.34. The molecule has 6 nitrogen and oxygen atoms in total. The fraction of sp³-hybridized carbons (Fsp3) is 0.304. The fourth-order valence-corrected chi connectivity index (χ4v) is 4.52. The number of fused-ring (bicyclic) bond motifs is 1. The third-order valence-electron chi connectivity index (χ3n) is 4.80. The lowest BCUT2D eigenvalue weighted by atomic mass is 10.1. The van der Waals surface area contributed by atoms with Gasteiger partial charge in [-0.05, 0) is 50.1 Å². The Morgan fingerprint density at radius 2 is 1.84 bits per heavy atom. The number of rotatable bonds is 6. The normalized spacial score (nSPS) is 12.6. The molecule has 4 aromatic rings. The Bertz CT molecular complexity index is 1280. The number of aryl methyl sites for hydroxylation is 1. The van der Waals surface area contributed by atoms with E-state index in [-0.39, 0.29) is 10.8 Å². The first-order valence-corrected chi connectivity index (χ1v) is 11.8. The van der Waals surface area contributed by atoms with Crippen LogP contribution in [-0.2, 0) is 6.54 Å². The van der Waals surface area contributed by atoms with E-state index in [1.54, 1.807) is 4.57 Å². The lowest BCUT2D eigenvalue weighted by Crippen LogP contribution is -2.25. The molecule has 2 aromatic carbocycles. The summed E-state index contributed by atoms with van der Waals surface area (Å²) >= 11 is 4.90. The summed E-state index contributed by atoms with van der Waals surface area (Å²) in [4.78, 5) is 18.0. The van der Waals surface area contributed by atoms with Gasteiger partial charge in [-0.25, -0.2) is 4.98 Å². The van der Waals surface area contributed by atoms with Crippen molar-refractivity contribution in [1.29, 1.82) is 0 Å². The minimum Gasteiger partial charge on any atom is -0.419 e. The maximum atomic E-state index is 13.2. The molecule has 2 aromatic heterocycles. The summed E-state index contributed by atoms with van der Waals surface area (Å²) in [5.41, 5.74) is 2.69. The van der Waals surface area contributed by atoms with Gasteiger partial charge in [0.15, 0.2) is 5.16 Å². The van der Waals surface area contributed by atoms with Gasteiger partial charge in [-0.1, -0.05) is 59.2 Å². The van der Waals surface area contributed by atoms with E-state index >= 15 is 0 Å². The van der Waals surface area contributed by atoms with E-state index in [1.165, 1.54) is 17.3 Å². The summed E-state index contributed by atoms with van der Waals surface area (Å²) in [7, 11) is 0. The number of halogens is 1. The van der Waals surface area contributed by atoms with E-state index in [9.17, 15) is 4.79 Å². The molecule has 1 atom stereocenters. The van der Waals surface area contributed by atoms with E-state index in [0.29, 0.717) is 40.3 Å². The van der Waals surface area contributed by atoms with Crippen LogP contribution in [0.15, 0.2) is 61.3 Å². The van der Waals surface area contributed by atoms with Gasteiger partial charge in [-0.15, -0.1) is 10.2 Å². The van der Waals surface area contributed by atoms with Crippen LogP contribution in [0.4, 0.5) is 0 Å². The molecule has 8 heteroatoms. The van der Waals surface area contributed by atoms with Crippen molar-refractivity contribution in [3.8, 4) is 11.5 Å². The number of nitrogens with zero attached hydrogens (tertiary/aromatic N) is 4. The minimum absolute atomic E-state index is 0.0411. The van der Waals surface area contributed by atoms with Gasteiger partial charge in [0.1, 0.15) is 0 Å². The zero-order valence-corrected chi connectivity index (χ0v) is 20.2. The highest BCUT2D eigenvalue weighted by Gasteiger charge is 2.21. The molecule has 31 heavy (non-hydrogen) atoms. The predicted octanol–water partition coefficient (Wildman–Crippen LogP) is 6.03. The first-order valence-electron chi connectivity index (χ1n) is 10.1. The van der Waals surface area contributed by atoms with E-state index in [0.717, 1.165) is 10.0 Å². The Morgan fingerprint density at radius 3 is 2.55 bits per heavy atom. The maximum absolute atomic E-state index is 13.2. The summed E-state index contributed by atoms with van der Waals surface area (Å²) in [6.07, 6.45) is 0. The first kappa shape index (κ1) is 21.8. The molecule has 0 spiro atoms. The Kier molecular flexibility index (Phi) is 6.29. The Labute approximate surface area is 193 Å². The summed E-state index contributed by atoms with van der Waals surface area (Å²) in [5, 5.41) is 9.53. The smallest absolute Gasteiger partial charge is 0.262 e. The zero-order chi connectivity index (χ0) is 22.1. The van der Waals surface area contributed by atoms with Crippen LogP contribution < -0.4 is 5.56 Å². The van der Waals surface area contributed by atoms with Crippen molar-refractivity contribution in [1.82, 2.24) is 19.7 Å². The molecular weight excluding hydrogens is 476 g/mol. The highest BCUT2D eigenvalue weighted by molar-refractivity contribution is 9.10. The average molecular weight is 499 g/mol. The molecule has 0 radical (unpaired) electrons. The highest BCUT2D eigenvalue weighted by atomic mass is 79.9. The number of hydrogen-bond acceptors (Lipinski definition) is 6. The van der Waals surface area contributed by atoms with Crippen molar-refractivity contribution in [2.75, 3.05) is 0 Å². The molecule has 0 aliphatic heterocycles. The molecule has 2 heterocycles. The summed E-state index contributed by atoms with van der Waals surface area (Å²) in [6, 6.07) is 13.5. The number of hydrogen-bond donors (Lipinski definition) is 0. The van der Waals surface area contributed by atoms with Gasteiger partial charge in [-0.2, -0.15) is 0 Å². The molecule has 4 rings (SSSR count). The lowest BCUT2D eigenvalue weighted by molar-refractivity contribution is 0.473. The standard InChI is InChI=1S/C23H23BrN4O2S/c1-13(2)12-28-22(29)18-11-17(24)9-10-19(18)25-23(28)31-15(4)20-26-27-21(30-20)16-7-5-14(3)6-8-16/h5-11,13,15H,12H2,1-4H3. The van der Waals surface area contributed by atoms with Crippen LogP contribution in [0.25, 0.3) is 22.4 Å². The van der Waals surface area contributed by atoms with Crippen LogP contribution in [0.2, 0.25) is 0 Å². The van der Waals surface area contributed by atoms with Crippen molar-refractivity contribution in [3.63, 3.8) is 0 Å². The Balaban J connectivity index is 1.68. The Morgan fingerprint density at radius 1 is 1.10 bits per heavy atom. The van der Waals surface area contributed by atoms with Crippen molar-refractivity contribution < 1.29 is 4.42 Å². The van der Waals surface area contributed by atoms with Crippen molar-refractivity contribution in [2.45, 2.75) is 44.6 Å². The number of aromatic nitrogens is 4. The topological polar surface area (TPSA) is 73.8 Å². The number of thioether (sulfide) groups is 1. The molecule has 0 saturated carbocycles. The van der Waals surface area contributed by atoms with Gasteiger partial charge in [0, 0.05) is 16.6 Å². The van der Waals surface area contributed by atoms with Crippen LogP contribution in [0.3, 0.4) is 0 Å². The van der Waals surface area contributed by atoms with Gasteiger partial charge in [-0.3, -0.25) is 9.36 Å². The second-order valence-corrected chi connectivity index (χ2v) is 10.2. The van der Waals surface area contributed by atoms with Crippen LogP contribution in [-0.4, -0.2) is 19.7 Å². The van der Waals surface area contributed by atoms with E-state index < -0.39 is 0 Å².